The smallest absolute Gasteiger partial charge is 0.0882 e. The molecule has 0 fully saturated rings. The minimum Gasteiger partial charge on any atom is -0.255 e. The third-order valence-electron chi connectivity index (χ3n) is 6.70. The lowest BCUT2D eigenvalue weighted by molar-refractivity contribution is 0.978. The number of fused-ring (bicyclic) bond motifs is 2. The highest BCUT2D eigenvalue weighted by atomic mass is 14.8. The Hall–Kier alpha value is -3.78. The van der Waals surface area contributed by atoms with Crippen LogP contribution in [0.4, 0.5) is 0 Å². The molecule has 1 aliphatic heterocycles. The van der Waals surface area contributed by atoms with Gasteiger partial charge in [-0.1, -0.05) is 78.4 Å². The number of aromatic nitrogens is 1. The van der Waals surface area contributed by atoms with Gasteiger partial charge in [-0.15, -0.1) is 0 Å². The van der Waals surface area contributed by atoms with Crippen LogP contribution in [0.1, 0.15) is 47.2 Å². The molecule has 3 aromatic carbocycles. The van der Waals surface area contributed by atoms with Crippen molar-refractivity contribution in [3.05, 3.63) is 113 Å². The van der Waals surface area contributed by atoms with E-state index in [4.69, 9.17) is 4.99 Å². The molecule has 1 aliphatic carbocycles. The average molecular weight is 427 g/mol. The number of nitrogens with zero attached hydrogens (tertiary/aromatic N) is 2. The molecule has 0 atom stereocenters. The van der Waals surface area contributed by atoms with E-state index < -0.39 is 0 Å². The number of pyridine rings is 1. The van der Waals surface area contributed by atoms with Gasteiger partial charge >= 0.3 is 0 Å². The van der Waals surface area contributed by atoms with Gasteiger partial charge in [0, 0.05) is 17.5 Å². The van der Waals surface area contributed by atoms with Crippen LogP contribution in [0.25, 0.3) is 33.7 Å². The Kier molecular flexibility index (Phi) is 4.99. The van der Waals surface area contributed by atoms with Gasteiger partial charge in [-0.2, -0.15) is 0 Å². The number of allylic oxidation sites excluding steroid dienone is 2. The molecule has 0 bridgehead atoms. The maximum absolute atomic E-state index is 5.19. The first-order valence-electron chi connectivity index (χ1n) is 11.8. The molecule has 0 spiro atoms. The predicted octanol–water partition coefficient (Wildman–Crippen LogP) is 7.79. The Morgan fingerprint density at radius 3 is 2.45 bits per heavy atom. The van der Waals surface area contributed by atoms with Gasteiger partial charge in [0.25, 0.3) is 0 Å². The van der Waals surface area contributed by atoms with Crippen molar-refractivity contribution in [3.8, 4) is 11.1 Å². The SMILES string of the molecule is Cc1cccc(-c2c3c(c(C4=NC(c5ccccn5)=CCC4)c4ccccc24)CCC=C3)c1. The summed E-state index contributed by atoms with van der Waals surface area (Å²) >= 11 is 0. The van der Waals surface area contributed by atoms with Crippen LogP contribution < -0.4 is 0 Å². The summed E-state index contributed by atoms with van der Waals surface area (Å²) in [4.78, 5) is 9.74. The summed E-state index contributed by atoms with van der Waals surface area (Å²) in [6, 6.07) is 23.8. The summed E-state index contributed by atoms with van der Waals surface area (Å²) in [5.41, 5.74) is 11.2. The van der Waals surface area contributed by atoms with Gasteiger partial charge in [0.15, 0.2) is 0 Å². The van der Waals surface area contributed by atoms with E-state index in [2.05, 4.69) is 84.7 Å². The molecule has 6 rings (SSSR count). The van der Waals surface area contributed by atoms with Crippen molar-refractivity contribution in [2.24, 2.45) is 4.99 Å². The standard InChI is InChI=1S/C31H26N2/c1-21-10-8-11-22(20-21)30-23-12-2-4-14-25(23)31(26-15-5-3-13-24(26)30)29-18-9-17-28(33-29)27-16-6-7-19-32-27/h2-4,6-8,10-14,16-17,19-20H,5,9,15,18H2,1H3. The molecule has 2 nitrogen and oxygen atoms in total. The van der Waals surface area contributed by atoms with E-state index in [1.807, 2.05) is 18.3 Å². The molecule has 2 heteroatoms. The summed E-state index contributed by atoms with van der Waals surface area (Å²) in [5, 5.41) is 2.61. The third-order valence-corrected chi connectivity index (χ3v) is 6.70. The first kappa shape index (κ1) is 19.9. The second kappa shape index (κ2) is 8.29. The lowest BCUT2D eigenvalue weighted by Crippen LogP contribution is -2.13. The summed E-state index contributed by atoms with van der Waals surface area (Å²) in [5.74, 6) is 0. The number of hydrogen-bond acceptors (Lipinski definition) is 2. The minimum absolute atomic E-state index is 0.948. The van der Waals surface area contributed by atoms with Crippen LogP contribution in [0, 0.1) is 6.92 Å². The van der Waals surface area contributed by atoms with Crippen LogP contribution in [-0.4, -0.2) is 10.7 Å². The molecule has 0 N–H and O–H groups in total. The highest BCUT2D eigenvalue weighted by molar-refractivity contribution is 6.18. The van der Waals surface area contributed by atoms with Gasteiger partial charge in [-0.25, -0.2) is 0 Å². The highest BCUT2D eigenvalue weighted by Crippen LogP contribution is 2.42. The maximum Gasteiger partial charge on any atom is 0.0882 e. The number of hydrogen-bond donors (Lipinski definition) is 0. The van der Waals surface area contributed by atoms with Crippen molar-refractivity contribution < 1.29 is 0 Å². The largest absolute Gasteiger partial charge is 0.255 e. The van der Waals surface area contributed by atoms with E-state index in [9.17, 15) is 0 Å². The molecule has 33 heavy (non-hydrogen) atoms. The van der Waals surface area contributed by atoms with Gasteiger partial charge in [0.1, 0.15) is 0 Å². The van der Waals surface area contributed by atoms with Crippen LogP contribution in [0.3, 0.4) is 0 Å². The zero-order valence-corrected chi connectivity index (χ0v) is 18.9. The summed E-state index contributed by atoms with van der Waals surface area (Å²) < 4.78 is 0. The molecule has 160 valence electrons. The number of aryl methyl sites for hydroxylation is 1. The summed E-state index contributed by atoms with van der Waals surface area (Å²) in [6.07, 6.45) is 12.8. The molecular formula is C31H26N2. The third kappa shape index (κ3) is 3.52. The van der Waals surface area contributed by atoms with Crippen molar-refractivity contribution in [2.45, 2.75) is 32.6 Å². The van der Waals surface area contributed by atoms with Crippen LogP contribution in [0.5, 0.6) is 0 Å². The fraction of sp³-hybridized carbons (Fsp3) is 0.161. The molecular weight excluding hydrogens is 400 g/mol. The van der Waals surface area contributed by atoms with Crippen molar-refractivity contribution in [1.29, 1.82) is 0 Å². The fourth-order valence-electron chi connectivity index (χ4n) is 5.28. The molecule has 0 unspecified atom stereocenters. The second-order valence-electron chi connectivity index (χ2n) is 8.90. The summed E-state index contributed by atoms with van der Waals surface area (Å²) in [6.45, 7) is 2.17. The number of benzene rings is 3. The number of rotatable bonds is 3. The van der Waals surface area contributed by atoms with Crippen LogP contribution >= 0.6 is 0 Å². The first-order valence-corrected chi connectivity index (χ1v) is 11.8. The Morgan fingerprint density at radius 2 is 1.64 bits per heavy atom. The second-order valence-corrected chi connectivity index (χ2v) is 8.90. The monoisotopic (exact) mass is 426 g/mol. The Balaban J connectivity index is 1.64. The molecule has 4 aromatic rings. The topological polar surface area (TPSA) is 25.2 Å². The fourth-order valence-corrected chi connectivity index (χ4v) is 5.28. The van der Waals surface area contributed by atoms with Gasteiger partial charge in [0.05, 0.1) is 11.4 Å². The van der Waals surface area contributed by atoms with Crippen molar-refractivity contribution in [3.63, 3.8) is 0 Å². The Morgan fingerprint density at radius 1 is 0.788 bits per heavy atom. The van der Waals surface area contributed by atoms with E-state index in [0.717, 1.165) is 37.1 Å². The highest BCUT2D eigenvalue weighted by Gasteiger charge is 2.24. The molecule has 0 radical (unpaired) electrons. The van der Waals surface area contributed by atoms with Crippen LogP contribution in [0.2, 0.25) is 0 Å². The van der Waals surface area contributed by atoms with E-state index in [0.29, 0.717) is 0 Å². The summed E-state index contributed by atoms with van der Waals surface area (Å²) in [7, 11) is 0. The average Bonchev–Trinajstić information content (AvgIpc) is 2.88. The van der Waals surface area contributed by atoms with E-state index >= 15 is 0 Å². The van der Waals surface area contributed by atoms with E-state index in [1.54, 1.807) is 0 Å². The van der Waals surface area contributed by atoms with Crippen molar-refractivity contribution in [2.75, 3.05) is 0 Å². The molecule has 0 amide bonds. The Labute approximate surface area is 195 Å². The van der Waals surface area contributed by atoms with Gasteiger partial charge in [-0.3, -0.25) is 9.98 Å². The molecule has 2 heterocycles. The predicted molar refractivity (Wildman–Crippen MR) is 139 cm³/mol. The minimum atomic E-state index is 0.948. The first-order chi connectivity index (χ1) is 16.3. The normalized spacial score (nSPS) is 15.2. The molecule has 0 saturated carbocycles. The molecule has 1 aromatic heterocycles. The molecule has 2 aliphatic rings. The van der Waals surface area contributed by atoms with E-state index in [-0.39, 0.29) is 0 Å². The Bertz CT molecular complexity index is 1460. The van der Waals surface area contributed by atoms with Gasteiger partial charge in [-0.05, 0) is 77.8 Å². The molecule has 0 saturated heterocycles. The van der Waals surface area contributed by atoms with E-state index in [1.165, 1.54) is 49.9 Å². The van der Waals surface area contributed by atoms with Crippen molar-refractivity contribution >= 4 is 28.3 Å². The van der Waals surface area contributed by atoms with Crippen LogP contribution in [-0.2, 0) is 6.42 Å². The van der Waals surface area contributed by atoms with Crippen molar-refractivity contribution in [1.82, 2.24) is 4.98 Å². The van der Waals surface area contributed by atoms with Gasteiger partial charge in [0.2, 0.25) is 0 Å². The number of aliphatic imine (C=N–C) groups is 1. The van der Waals surface area contributed by atoms with Gasteiger partial charge < -0.3 is 0 Å². The maximum atomic E-state index is 5.19. The zero-order valence-electron chi connectivity index (χ0n) is 18.9. The zero-order chi connectivity index (χ0) is 22.2. The van der Waals surface area contributed by atoms with Crippen LogP contribution in [0.15, 0.2) is 90.1 Å². The lowest BCUT2D eigenvalue weighted by atomic mass is 9.80. The quantitative estimate of drug-likeness (QED) is 0.328. The lowest BCUT2D eigenvalue weighted by Gasteiger charge is -2.25.